The number of anilines is 1. The second-order valence-corrected chi connectivity index (χ2v) is 9.62. The van der Waals surface area contributed by atoms with E-state index in [-0.39, 0.29) is 17.1 Å². The number of amides is 2. The second kappa shape index (κ2) is 9.87. The normalized spacial score (nSPS) is 11.6. The van der Waals surface area contributed by atoms with Crippen molar-refractivity contribution in [2.75, 3.05) is 5.32 Å². The molecule has 0 fully saturated rings. The molecule has 3 heterocycles. The third-order valence-electron chi connectivity index (χ3n) is 4.61. The smallest absolute Gasteiger partial charge is 0.265 e. The van der Waals surface area contributed by atoms with Gasteiger partial charge in [0.1, 0.15) is 11.5 Å². The van der Waals surface area contributed by atoms with Gasteiger partial charge < -0.3 is 15.1 Å². The molecule has 0 unspecified atom stereocenters. The number of benzene rings is 1. The Morgan fingerprint density at radius 3 is 2.68 bits per heavy atom. The number of sulfonamides is 1. The zero-order valence-electron chi connectivity index (χ0n) is 17.5. The molecule has 3 aromatic heterocycles. The number of furan rings is 1. The molecule has 5 N–H and O–H groups in total. The van der Waals surface area contributed by atoms with Crippen LogP contribution in [0.5, 0.6) is 0 Å². The zero-order valence-corrected chi connectivity index (χ0v) is 19.2. The Labute approximate surface area is 198 Å². The molecule has 0 radical (unpaired) electrons. The number of carbonyl (C=O) groups is 2. The average molecular weight is 498 g/mol. The maximum atomic E-state index is 12.4. The van der Waals surface area contributed by atoms with Crippen molar-refractivity contribution in [2.45, 2.75) is 11.4 Å². The molecule has 12 heteroatoms. The number of rotatable bonds is 9. The van der Waals surface area contributed by atoms with Gasteiger partial charge in [0.25, 0.3) is 5.91 Å². The highest BCUT2D eigenvalue weighted by Gasteiger charge is 2.14. The van der Waals surface area contributed by atoms with Gasteiger partial charge in [0.05, 0.1) is 23.4 Å². The predicted molar refractivity (Wildman–Crippen MR) is 127 cm³/mol. The molecule has 0 saturated heterocycles. The molecule has 4 aromatic rings. The summed E-state index contributed by atoms with van der Waals surface area (Å²) >= 11 is 1.23. The van der Waals surface area contributed by atoms with Crippen LogP contribution in [0.1, 0.15) is 21.8 Å². The summed E-state index contributed by atoms with van der Waals surface area (Å²) in [5.74, 6) is -0.467. The van der Waals surface area contributed by atoms with Crippen LogP contribution in [0.4, 0.5) is 5.13 Å². The van der Waals surface area contributed by atoms with Gasteiger partial charge in [0.2, 0.25) is 15.9 Å². The van der Waals surface area contributed by atoms with Gasteiger partial charge >= 0.3 is 0 Å². The van der Waals surface area contributed by atoms with Crippen LogP contribution in [0.2, 0.25) is 0 Å². The standard InChI is InChI=1S/C22H19N5O5S2/c23-21(29)18-10-15(11-24-18)19-13-33-22(26-19)27-20(28)8-5-14-3-6-17(7-4-14)34(30,31)25-12-16-2-1-9-32-16/h1-11,13,24-25H,12H2,(H2,23,29)(H,26,27,28)/b8-5+. The Hall–Kier alpha value is -4.00. The van der Waals surface area contributed by atoms with Crippen molar-refractivity contribution in [1.82, 2.24) is 14.7 Å². The van der Waals surface area contributed by atoms with Crippen molar-refractivity contribution in [3.05, 3.63) is 83.4 Å². The third-order valence-corrected chi connectivity index (χ3v) is 6.79. The highest BCUT2D eigenvalue weighted by atomic mass is 32.2. The number of nitrogens with two attached hydrogens (primary N) is 1. The minimum atomic E-state index is -3.70. The summed E-state index contributed by atoms with van der Waals surface area (Å²) in [6, 6.07) is 11.0. The van der Waals surface area contributed by atoms with Crippen molar-refractivity contribution in [1.29, 1.82) is 0 Å². The van der Waals surface area contributed by atoms with E-state index in [0.717, 1.165) is 0 Å². The lowest BCUT2D eigenvalue weighted by molar-refractivity contribution is -0.111. The monoisotopic (exact) mass is 497 g/mol. The first-order chi connectivity index (χ1) is 16.3. The number of aromatic nitrogens is 2. The molecule has 0 aliphatic carbocycles. The van der Waals surface area contributed by atoms with E-state index in [1.54, 1.807) is 48.0 Å². The van der Waals surface area contributed by atoms with Crippen LogP contribution in [0, 0.1) is 0 Å². The molecular weight excluding hydrogens is 478 g/mol. The Morgan fingerprint density at radius 1 is 1.21 bits per heavy atom. The maximum Gasteiger partial charge on any atom is 0.265 e. The molecule has 0 saturated carbocycles. The van der Waals surface area contributed by atoms with Crippen LogP contribution < -0.4 is 15.8 Å². The molecule has 0 aliphatic heterocycles. The van der Waals surface area contributed by atoms with Crippen molar-refractivity contribution in [3.63, 3.8) is 0 Å². The van der Waals surface area contributed by atoms with Crippen molar-refractivity contribution in [3.8, 4) is 11.3 Å². The zero-order chi connectivity index (χ0) is 24.1. The third kappa shape index (κ3) is 5.67. The number of thiazole rings is 1. The summed E-state index contributed by atoms with van der Waals surface area (Å²) in [4.78, 5) is 30.6. The number of nitrogens with zero attached hydrogens (tertiary/aromatic N) is 1. The number of primary amides is 1. The lowest BCUT2D eigenvalue weighted by atomic mass is 10.2. The number of carbonyl (C=O) groups excluding carboxylic acids is 2. The van der Waals surface area contributed by atoms with Gasteiger partial charge in [-0.25, -0.2) is 18.1 Å². The molecule has 0 aliphatic rings. The first-order valence-electron chi connectivity index (χ1n) is 9.85. The SMILES string of the molecule is NC(=O)c1cc(-c2csc(NC(=O)/C=C/c3ccc(S(=O)(=O)NCc4ccco4)cc3)n2)c[nH]1. The van der Waals surface area contributed by atoms with E-state index >= 15 is 0 Å². The van der Waals surface area contributed by atoms with Crippen LogP contribution in [-0.4, -0.2) is 30.2 Å². The van der Waals surface area contributed by atoms with Gasteiger partial charge in [-0.1, -0.05) is 12.1 Å². The summed E-state index contributed by atoms with van der Waals surface area (Å²) in [5.41, 5.74) is 7.41. The number of nitrogens with one attached hydrogen (secondary N) is 3. The van der Waals surface area contributed by atoms with E-state index in [1.165, 1.54) is 35.8 Å². The molecular formula is C22H19N5O5S2. The average Bonchev–Trinajstić information content (AvgIpc) is 3.58. The number of hydrogen-bond acceptors (Lipinski definition) is 7. The first kappa shape index (κ1) is 23.2. The number of H-pyrrole nitrogens is 1. The van der Waals surface area contributed by atoms with E-state index < -0.39 is 21.8 Å². The molecule has 4 rings (SSSR count). The topological polar surface area (TPSA) is 160 Å². The summed E-state index contributed by atoms with van der Waals surface area (Å²) in [6.07, 6.45) is 5.96. The van der Waals surface area contributed by atoms with E-state index in [1.807, 2.05) is 0 Å². The maximum absolute atomic E-state index is 12.4. The van der Waals surface area contributed by atoms with Gasteiger partial charge in [-0.15, -0.1) is 11.3 Å². The van der Waals surface area contributed by atoms with Crippen molar-refractivity contribution < 1.29 is 22.4 Å². The summed E-state index contributed by atoms with van der Waals surface area (Å²) in [5, 5.41) is 4.79. The van der Waals surface area contributed by atoms with Crippen LogP contribution in [0.15, 0.2) is 75.7 Å². The van der Waals surface area contributed by atoms with E-state index in [4.69, 9.17) is 10.2 Å². The molecule has 174 valence electrons. The van der Waals surface area contributed by atoms with Gasteiger partial charge in [-0.3, -0.25) is 14.9 Å². The molecule has 0 atom stereocenters. The number of aromatic amines is 1. The van der Waals surface area contributed by atoms with Crippen LogP contribution in [-0.2, 0) is 21.4 Å². The fraction of sp³-hybridized carbons (Fsp3) is 0.0455. The predicted octanol–water partition coefficient (Wildman–Crippen LogP) is 2.96. The van der Waals surface area contributed by atoms with Gasteiger partial charge in [0.15, 0.2) is 5.13 Å². The molecule has 1 aromatic carbocycles. The lowest BCUT2D eigenvalue weighted by Gasteiger charge is -2.05. The van der Waals surface area contributed by atoms with E-state index in [0.29, 0.717) is 27.7 Å². The van der Waals surface area contributed by atoms with Crippen LogP contribution in [0.3, 0.4) is 0 Å². The molecule has 34 heavy (non-hydrogen) atoms. The first-order valence-corrected chi connectivity index (χ1v) is 12.2. The Bertz CT molecular complexity index is 1430. The van der Waals surface area contributed by atoms with Gasteiger partial charge in [0, 0.05) is 23.2 Å². The summed E-state index contributed by atoms with van der Waals surface area (Å²) < 4.78 is 32.3. The second-order valence-electron chi connectivity index (χ2n) is 7.00. The largest absolute Gasteiger partial charge is 0.468 e. The van der Waals surface area contributed by atoms with Crippen molar-refractivity contribution >= 4 is 44.4 Å². The van der Waals surface area contributed by atoms with Gasteiger partial charge in [-0.2, -0.15) is 0 Å². The minimum Gasteiger partial charge on any atom is -0.468 e. The fourth-order valence-electron chi connectivity index (χ4n) is 2.89. The molecule has 0 spiro atoms. The molecule has 2 amide bonds. The lowest BCUT2D eigenvalue weighted by Crippen LogP contribution is -2.22. The van der Waals surface area contributed by atoms with Gasteiger partial charge in [-0.05, 0) is 42.0 Å². The van der Waals surface area contributed by atoms with E-state index in [2.05, 4.69) is 20.0 Å². The van der Waals surface area contributed by atoms with E-state index in [9.17, 15) is 18.0 Å². The Balaban J connectivity index is 1.34. The Morgan fingerprint density at radius 2 is 2.00 bits per heavy atom. The van der Waals surface area contributed by atoms with Crippen molar-refractivity contribution in [2.24, 2.45) is 5.73 Å². The van der Waals surface area contributed by atoms with Crippen LogP contribution >= 0.6 is 11.3 Å². The highest BCUT2D eigenvalue weighted by Crippen LogP contribution is 2.25. The quantitative estimate of drug-likeness (QED) is 0.260. The fourth-order valence-corrected chi connectivity index (χ4v) is 4.60. The van der Waals surface area contributed by atoms with Crippen LogP contribution in [0.25, 0.3) is 17.3 Å². The number of hydrogen-bond donors (Lipinski definition) is 4. The summed E-state index contributed by atoms with van der Waals surface area (Å²) in [6.45, 7) is 0.0476. The molecule has 10 nitrogen and oxygen atoms in total. The summed E-state index contributed by atoms with van der Waals surface area (Å²) in [7, 11) is -3.70. The highest BCUT2D eigenvalue weighted by molar-refractivity contribution is 7.89. The Kier molecular flexibility index (Phi) is 6.72. The molecule has 0 bridgehead atoms. The minimum absolute atomic E-state index is 0.0476.